The molecule has 25 heavy (non-hydrogen) atoms. The molecule has 1 spiro atoms. The lowest BCUT2D eigenvalue weighted by atomic mass is 9.93. The van der Waals surface area contributed by atoms with E-state index in [1.807, 2.05) is 18.7 Å². The van der Waals surface area contributed by atoms with Gasteiger partial charge in [0.05, 0.1) is 21.8 Å². The van der Waals surface area contributed by atoms with Crippen LogP contribution in [0.25, 0.3) is 0 Å². The maximum Gasteiger partial charge on any atom is 0.270 e. The smallest absolute Gasteiger partial charge is 0.270 e. The van der Waals surface area contributed by atoms with Crippen LogP contribution in [0, 0.1) is 10.1 Å². The van der Waals surface area contributed by atoms with Crippen LogP contribution < -0.4 is 10.0 Å². The van der Waals surface area contributed by atoms with Gasteiger partial charge in [0.1, 0.15) is 4.90 Å². The molecule has 2 N–H and O–H groups in total. The number of sulfonamides is 1. The number of anilines is 1. The molecule has 0 radical (unpaired) electrons. The molecule has 1 aromatic carbocycles. The molecule has 9 heteroatoms. The molecule has 1 aliphatic heterocycles. The van der Waals surface area contributed by atoms with Gasteiger partial charge < -0.3 is 9.64 Å². The zero-order chi connectivity index (χ0) is 18.5. The average molecular weight is 369 g/mol. The summed E-state index contributed by atoms with van der Waals surface area (Å²) < 4.78 is 30.4. The number of hydrogen-bond acceptors (Lipinski definition) is 6. The molecule has 2 aliphatic rings. The number of morpholine rings is 1. The number of nitro groups is 1. The third kappa shape index (κ3) is 3.63. The Morgan fingerprint density at radius 3 is 2.44 bits per heavy atom. The number of non-ortho nitro benzene ring substituents is 1. The van der Waals surface area contributed by atoms with E-state index >= 15 is 0 Å². The molecular formula is C16H23N3O5S. The van der Waals surface area contributed by atoms with Crippen LogP contribution in [0.1, 0.15) is 39.5 Å². The maximum atomic E-state index is 12.0. The number of nitro benzene ring substituents is 1. The fourth-order valence-electron chi connectivity index (χ4n) is 4.07. The molecule has 8 nitrogen and oxygen atoms in total. The Labute approximate surface area is 147 Å². The molecule has 1 aromatic rings. The summed E-state index contributed by atoms with van der Waals surface area (Å²) in [5.41, 5.74) is -0.661. The Kier molecular flexibility index (Phi) is 4.29. The minimum absolute atomic E-state index is 0.215. The second kappa shape index (κ2) is 5.93. The monoisotopic (exact) mass is 369 g/mol. The van der Waals surface area contributed by atoms with Crippen LogP contribution in [0.5, 0.6) is 0 Å². The van der Waals surface area contributed by atoms with Crippen molar-refractivity contribution in [1.29, 1.82) is 0 Å². The van der Waals surface area contributed by atoms with Crippen LogP contribution in [0.2, 0.25) is 0 Å². The van der Waals surface area contributed by atoms with Gasteiger partial charge in [-0.3, -0.25) is 10.1 Å². The molecule has 138 valence electrons. The predicted octanol–water partition coefficient (Wildman–Crippen LogP) is 2.17. The van der Waals surface area contributed by atoms with Crippen molar-refractivity contribution in [2.75, 3.05) is 18.0 Å². The largest absolute Gasteiger partial charge is 0.365 e. The topological polar surface area (TPSA) is 116 Å². The number of benzene rings is 1. The summed E-state index contributed by atoms with van der Waals surface area (Å²) in [5, 5.41) is 16.3. The number of ether oxygens (including phenoxy) is 1. The van der Waals surface area contributed by atoms with Gasteiger partial charge in [-0.1, -0.05) is 12.8 Å². The van der Waals surface area contributed by atoms with Crippen LogP contribution in [-0.4, -0.2) is 37.6 Å². The van der Waals surface area contributed by atoms with E-state index < -0.39 is 20.5 Å². The molecule has 0 amide bonds. The predicted molar refractivity (Wildman–Crippen MR) is 93.0 cm³/mol. The Hall–Kier alpha value is -1.71. The number of primary sulfonamides is 1. The normalized spacial score (nSPS) is 22.3. The summed E-state index contributed by atoms with van der Waals surface area (Å²) in [4.78, 5) is 12.1. The van der Waals surface area contributed by atoms with E-state index in [0.717, 1.165) is 31.7 Å². The highest BCUT2D eigenvalue weighted by Gasteiger charge is 2.46. The summed E-state index contributed by atoms with van der Waals surface area (Å²) >= 11 is 0. The van der Waals surface area contributed by atoms with Crippen molar-refractivity contribution in [2.24, 2.45) is 5.14 Å². The lowest BCUT2D eigenvalue weighted by Gasteiger charge is -2.50. The summed E-state index contributed by atoms with van der Waals surface area (Å²) in [6, 6.07) is 3.82. The third-order valence-corrected chi connectivity index (χ3v) is 5.80. The van der Waals surface area contributed by atoms with Gasteiger partial charge in [-0.15, -0.1) is 0 Å². The molecule has 1 aliphatic carbocycles. The first-order valence-corrected chi connectivity index (χ1v) is 9.82. The fourth-order valence-corrected chi connectivity index (χ4v) is 4.84. The van der Waals surface area contributed by atoms with E-state index in [9.17, 15) is 18.5 Å². The molecule has 1 saturated heterocycles. The number of rotatable bonds is 3. The highest BCUT2D eigenvalue weighted by molar-refractivity contribution is 7.89. The molecule has 0 atom stereocenters. The summed E-state index contributed by atoms with van der Waals surface area (Å²) in [7, 11) is -4.10. The van der Waals surface area contributed by atoms with Gasteiger partial charge in [0.25, 0.3) is 5.69 Å². The lowest BCUT2D eigenvalue weighted by molar-refractivity contribution is -0.385. The van der Waals surface area contributed by atoms with E-state index in [-0.39, 0.29) is 16.2 Å². The van der Waals surface area contributed by atoms with Crippen molar-refractivity contribution in [1.82, 2.24) is 0 Å². The van der Waals surface area contributed by atoms with E-state index in [1.54, 1.807) is 0 Å². The molecule has 1 saturated carbocycles. The lowest BCUT2D eigenvalue weighted by Crippen LogP contribution is -2.59. The standard InChI is InChI=1S/C16H23N3O5S/c1-15(2)10-18(11-16(24-15)7-3-4-8-16)13-6-5-12(19(20)21)9-14(13)25(17,22)23/h5-6,9H,3-4,7-8,10-11H2,1-2H3,(H2,17,22,23). The third-order valence-electron chi connectivity index (χ3n) is 4.86. The van der Waals surface area contributed by atoms with Gasteiger partial charge >= 0.3 is 0 Å². The minimum atomic E-state index is -4.10. The Bertz CT molecular complexity index is 800. The zero-order valence-electron chi connectivity index (χ0n) is 14.4. The number of nitrogens with two attached hydrogens (primary N) is 1. The molecule has 3 rings (SSSR count). The van der Waals surface area contributed by atoms with Gasteiger partial charge in [-0.2, -0.15) is 0 Å². The summed E-state index contributed by atoms with van der Waals surface area (Å²) in [6.45, 7) is 4.98. The van der Waals surface area contributed by atoms with Gasteiger partial charge in [-0.05, 0) is 32.8 Å². The Morgan fingerprint density at radius 1 is 1.24 bits per heavy atom. The molecule has 2 fully saturated rings. The average Bonchev–Trinajstić information content (AvgIpc) is 2.91. The molecule has 0 unspecified atom stereocenters. The number of nitrogens with zero attached hydrogens (tertiary/aromatic N) is 2. The zero-order valence-corrected chi connectivity index (χ0v) is 15.2. The van der Waals surface area contributed by atoms with Gasteiger partial charge in [0, 0.05) is 25.2 Å². The molecule has 0 bridgehead atoms. The van der Waals surface area contributed by atoms with Gasteiger partial charge in [0.2, 0.25) is 10.0 Å². The summed E-state index contributed by atoms with van der Waals surface area (Å²) in [5.74, 6) is 0. The number of hydrogen-bond donors (Lipinski definition) is 1. The van der Waals surface area contributed by atoms with Crippen LogP contribution >= 0.6 is 0 Å². The van der Waals surface area contributed by atoms with E-state index in [2.05, 4.69) is 0 Å². The van der Waals surface area contributed by atoms with Gasteiger partial charge in [0.15, 0.2) is 0 Å². The molecular weight excluding hydrogens is 346 g/mol. The maximum absolute atomic E-state index is 12.0. The summed E-state index contributed by atoms with van der Waals surface area (Å²) in [6.07, 6.45) is 3.99. The molecule has 0 aromatic heterocycles. The van der Waals surface area contributed by atoms with Crippen LogP contribution in [0.4, 0.5) is 11.4 Å². The SMILES string of the molecule is CC1(C)CN(c2ccc([N+](=O)[O-])cc2S(N)(=O)=O)CC2(CCCC2)O1. The first-order valence-electron chi connectivity index (χ1n) is 8.28. The van der Waals surface area contributed by atoms with Crippen molar-refractivity contribution in [2.45, 2.75) is 55.6 Å². The highest BCUT2D eigenvalue weighted by Crippen LogP contribution is 2.43. The van der Waals surface area contributed by atoms with Crippen LogP contribution in [0.3, 0.4) is 0 Å². The van der Waals surface area contributed by atoms with Crippen molar-refractivity contribution < 1.29 is 18.1 Å². The minimum Gasteiger partial charge on any atom is -0.365 e. The van der Waals surface area contributed by atoms with E-state index in [1.165, 1.54) is 12.1 Å². The first-order chi connectivity index (χ1) is 11.5. The van der Waals surface area contributed by atoms with E-state index in [4.69, 9.17) is 9.88 Å². The van der Waals surface area contributed by atoms with E-state index in [0.29, 0.717) is 18.8 Å². The van der Waals surface area contributed by atoms with Crippen molar-refractivity contribution >= 4 is 21.4 Å². The Balaban J connectivity index is 2.07. The van der Waals surface area contributed by atoms with Gasteiger partial charge in [-0.25, -0.2) is 13.6 Å². The first kappa shape index (κ1) is 18.1. The Morgan fingerprint density at radius 2 is 1.88 bits per heavy atom. The quantitative estimate of drug-likeness (QED) is 0.645. The highest BCUT2D eigenvalue weighted by atomic mass is 32.2. The fraction of sp³-hybridized carbons (Fsp3) is 0.625. The van der Waals surface area contributed by atoms with Crippen molar-refractivity contribution in [3.63, 3.8) is 0 Å². The van der Waals surface area contributed by atoms with Crippen LogP contribution in [0.15, 0.2) is 23.1 Å². The second-order valence-electron chi connectivity index (χ2n) is 7.56. The van der Waals surface area contributed by atoms with Crippen molar-refractivity contribution in [3.05, 3.63) is 28.3 Å². The molecule has 1 heterocycles. The van der Waals surface area contributed by atoms with Crippen molar-refractivity contribution in [3.8, 4) is 0 Å². The van der Waals surface area contributed by atoms with Crippen LogP contribution in [-0.2, 0) is 14.8 Å². The second-order valence-corrected chi connectivity index (χ2v) is 9.09.